The number of pyridine rings is 2. The van der Waals surface area contributed by atoms with E-state index in [1.807, 2.05) is 37.3 Å². The molecule has 96 valence electrons. The van der Waals surface area contributed by atoms with Crippen LogP contribution in [0.3, 0.4) is 0 Å². The second kappa shape index (κ2) is 4.98. The Bertz CT molecular complexity index is 818. The molecule has 2 heterocycles. The maximum atomic E-state index is 9.25. The van der Waals surface area contributed by atoms with Crippen LogP contribution >= 0.6 is 0 Å². The lowest BCUT2D eigenvalue weighted by molar-refractivity contribution is 1.25. The van der Waals surface area contributed by atoms with Crippen LogP contribution in [0.2, 0.25) is 0 Å². The normalized spacial score (nSPS) is 10.2. The molecule has 0 saturated heterocycles. The molecule has 1 aromatic carbocycles. The topological polar surface area (TPSA) is 61.6 Å². The zero-order valence-corrected chi connectivity index (χ0v) is 11.0. The first-order valence-electron chi connectivity index (χ1n) is 6.25. The first kappa shape index (κ1) is 12.1. The summed E-state index contributed by atoms with van der Waals surface area (Å²) >= 11 is 0. The Morgan fingerprint density at radius 2 is 2.00 bits per heavy atom. The molecule has 0 saturated carbocycles. The van der Waals surface area contributed by atoms with Gasteiger partial charge in [0.2, 0.25) is 0 Å². The summed E-state index contributed by atoms with van der Waals surface area (Å²) < 4.78 is 0. The van der Waals surface area contributed by atoms with Gasteiger partial charge in [-0.05, 0) is 30.7 Å². The van der Waals surface area contributed by atoms with Gasteiger partial charge in [0.1, 0.15) is 5.82 Å². The Balaban J connectivity index is 2.06. The highest BCUT2D eigenvalue weighted by Gasteiger charge is 2.05. The SMILES string of the molecule is Cc1cncc(Nc2cc(C#N)c3ccccc3n2)c1. The van der Waals surface area contributed by atoms with Crippen molar-refractivity contribution in [2.75, 3.05) is 5.32 Å². The molecule has 1 N–H and O–H groups in total. The smallest absolute Gasteiger partial charge is 0.132 e. The number of anilines is 2. The molecule has 0 unspecified atom stereocenters. The van der Waals surface area contributed by atoms with Crippen LogP contribution < -0.4 is 5.32 Å². The molecular weight excluding hydrogens is 248 g/mol. The maximum Gasteiger partial charge on any atom is 0.132 e. The van der Waals surface area contributed by atoms with Crippen LogP contribution in [-0.2, 0) is 0 Å². The minimum absolute atomic E-state index is 0.610. The van der Waals surface area contributed by atoms with Crippen LogP contribution in [0.5, 0.6) is 0 Å². The zero-order chi connectivity index (χ0) is 13.9. The molecule has 3 rings (SSSR count). The third-order valence-electron chi connectivity index (χ3n) is 2.98. The average molecular weight is 260 g/mol. The molecule has 0 aliphatic carbocycles. The number of rotatable bonds is 2. The molecule has 0 fully saturated rings. The summed E-state index contributed by atoms with van der Waals surface area (Å²) in [5.41, 5.74) is 3.33. The van der Waals surface area contributed by atoms with Crippen molar-refractivity contribution in [3.05, 3.63) is 59.9 Å². The van der Waals surface area contributed by atoms with Crippen LogP contribution in [0.15, 0.2) is 48.8 Å². The van der Waals surface area contributed by atoms with Crippen molar-refractivity contribution in [3.8, 4) is 6.07 Å². The molecule has 0 radical (unpaired) electrons. The van der Waals surface area contributed by atoms with E-state index in [4.69, 9.17) is 0 Å². The monoisotopic (exact) mass is 260 g/mol. The van der Waals surface area contributed by atoms with Crippen LogP contribution in [0, 0.1) is 18.3 Å². The summed E-state index contributed by atoms with van der Waals surface area (Å²) in [5, 5.41) is 13.3. The second-order valence-corrected chi connectivity index (χ2v) is 4.56. The fraction of sp³-hybridized carbons (Fsp3) is 0.0625. The second-order valence-electron chi connectivity index (χ2n) is 4.56. The molecule has 0 spiro atoms. The van der Waals surface area contributed by atoms with Gasteiger partial charge in [0.25, 0.3) is 0 Å². The standard InChI is InChI=1S/C16H12N4/c1-11-6-13(10-18-9-11)19-16-7-12(8-17)14-4-2-3-5-15(14)20-16/h2-7,9-10H,1H3,(H,19,20). The summed E-state index contributed by atoms with van der Waals surface area (Å²) in [6, 6.07) is 13.6. The number of hydrogen-bond donors (Lipinski definition) is 1. The summed E-state index contributed by atoms with van der Waals surface area (Å²) in [6.45, 7) is 1.98. The number of nitriles is 1. The highest BCUT2D eigenvalue weighted by atomic mass is 15.0. The summed E-state index contributed by atoms with van der Waals surface area (Å²) in [5.74, 6) is 0.646. The predicted octanol–water partition coefficient (Wildman–Crippen LogP) is 3.55. The lowest BCUT2D eigenvalue weighted by atomic mass is 10.1. The molecule has 0 aliphatic rings. The number of benzene rings is 1. The Morgan fingerprint density at radius 1 is 1.15 bits per heavy atom. The van der Waals surface area contributed by atoms with Crippen molar-refractivity contribution in [2.45, 2.75) is 6.92 Å². The van der Waals surface area contributed by atoms with E-state index in [0.717, 1.165) is 22.2 Å². The molecule has 0 atom stereocenters. The minimum Gasteiger partial charge on any atom is -0.339 e. The number of hydrogen-bond acceptors (Lipinski definition) is 4. The Hall–Kier alpha value is -2.93. The number of aromatic nitrogens is 2. The van der Waals surface area contributed by atoms with Gasteiger partial charge in [-0.2, -0.15) is 5.26 Å². The predicted molar refractivity (Wildman–Crippen MR) is 78.7 cm³/mol. The van der Waals surface area contributed by atoms with Crippen LogP contribution in [0.1, 0.15) is 11.1 Å². The highest BCUT2D eigenvalue weighted by Crippen LogP contribution is 2.22. The van der Waals surface area contributed by atoms with E-state index in [2.05, 4.69) is 21.4 Å². The first-order chi connectivity index (χ1) is 9.76. The van der Waals surface area contributed by atoms with Gasteiger partial charge in [0.05, 0.1) is 29.0 Å². The van der Waals surface area contributed by atoms with Crippen LogP contribution in [0.25, 0.3) is 10.9 Å². The number of para-hydroxylation sites is 1. The van der Waals surface area contributed by atoms with Gasteiger partial charge in [0, 0.05) is 11.6 Å². The average Bonchev–Trinajstić information content (AvgIpc) is 2.46. The molecular formula is C16H12N4. The van der Waals surface area contributed by atoms with E-state index in [9.17, 15) is 5.26 Å². The summed E-state index contributed by atoms with van der Waals surface area (Å²) in [7, 11) is 0. The number of nitrogens with one attached hydrogen (secondary N) is 1. The van der Waals surface area contributed by atoms with Crippen LogP contribution in [-0.4, -0.2) is 9.97 Å². The number of aryl methyl sites for hydroxylation is 1. The van der Waals surface area contributed by atoms with E-state index in [-0.39, 0.29) is 0 Å². The summed E-state index contributed by atoms with van der Waals surface area (Å²) in [6.07, 6.45) is 3.52. The Kier molecular flexibility index (Phi) is 3.02. The fourth-order valence-electron chi connectivity index (χ4n) is 2.10. The molecule has 4 heteroatoms. The molecule has 4 nitrogen and oxygen atoms in total. The maximum absolute atomic E-state index is 9.25. The lowest BCUT2D eigenvalue weighted by Gasteiger charge is -2.08. The Labute approximate surface area is 116 Å². The van der Waals surface area contributed by atoms with Gasteiger partial charge in [-0.3, -0.25) is 4.98 Å². The molecule has 0 amide bonds. The Morgan fingerprint density at radius 3 is 2.80 bits per heavy atom. The van der Waals surface area contributed by atoms with Gasteiger partial charge in [-0.25, -0.2) is 4.98 Å². The molecule has 20 heavy (non-hydrogen) atoms. The number of fused-ring (bicyclic) bond motifs is 1. The largest absolute Gasteiger partial charge is 0.339 e. The van der Waals surface area contributed by atoms with Gasteiger partial charge in [0.15, 0.2) is 0 Å². The third kappa shape index (κ3) is 2.29. The molecule has 3 aromatic rings. The zero-order valence-electron chi connectivity index (χ0n) is 11.0. The fourth-order valence-corrected chi connectivity index (χ4v) is 2.10. The van der Waals surface area contributed by atoms with Crippen molar-refractivity contribution in [1.82, 2.24) is 9.97 Å². The van der Waals surface area contributed by atoms with Crippen molar-refractivity contribution < 1.29 is 0 Å². The van der Waals surface area contributed by atoms with Crippen molar-refractivity contribution in [1.29, 1.82) is 5.26 Å². The minimum atomic E-state index is 0.610. The van der Waals surface area contributed by atoms with E-state index in [1.165, 1.54) is 0 Å². The molecule has 2 aromatic heterocycles. The van der Waals surface area contributed by atoms with Crippen LogP contribution in [0.4, 0.5) is 11.5 Å². The van der Waals surface area contributed by atoms with E-state index < -0.39 is 0 Å². The highest BCUT2D eigenvalue weighted by molar-refractivity contribution is 5.86. The van der Waals surface area contributed by atoms with E-state index in [0.29, 0.717) is 11.4 Å². The van der Waals surface area contributed by atoms with Gasteiger partial charge in [-0.1, -0.05) is 18.2 Å². The molecule has 0 bridgehead atoms. The van der Waals surface area contributed by atoms with Crippen molar-refractivity contribution in [3.63, 3.8) is 0 Å². The lowest BCUT2D eigenvalue weighted by Crippen LogP contribution is -1.96. The van der Waals surface area contributed by atoms with E-state index in [1.54, 1.807) is 18.5 Å². The quantitative estimate of drug-likeness (QED) is 0.765. The van der Waals surface area contributed by atoms with Gasteiger partial charge < -0.3 is 5.32 Å². The van der Waals surface area contributed by atoms with Gasteiger partial charge in [-0.15, -0.1) is 0 Å². The first-order valence-corrected chi connectivity index (χ1v) is 6.25. The summed E-state index contributed by atoms with van der Waals surface area (Å²) in [4.78, 5) is 8.65. The van der Waals surface area contributed by atoms with E-state index >= 15 is 0 Å². The number of nitrogens with zero attached hydrogens (tertiary/aromatic N) is 3. The van der Waals surface area contributed by atoms with Crippen molar-refractivity contribution >= 4 is 22.4 Å². The third-order valence-corrected chi connectivity index (χ3v) is 2.98. The van der Waals surface area contributed by atoms with Gasteiger partial charge >= 0.3 is 0 Å². The van der Waals surface area contributed by atoms with Crippen molar-refractivity contribution in [2.24, 2.45) is 0 Å². The molecule has 0 aliphatic heterocycles.